The van der Waals surface area contributed by atoms with Crippen LogP contribution in [0, 0.1) is 12.8 Å². The zero-order valence-corrected chi connectivity index (χ0v) is 17.3. The monoisotopic (exact) mass is 363 g/mol. The predicted molar refractivity (Wildman–Crippen MR) is 103 cm³/mol. The van der Waals surface area contributed by atoms with Crippen LogP contribution in [0.1, 0.15) is 65.5 Å². The molecule has 146 valence electrons. The standard InChI is InChI=1S/C21H33NO4/c1-13(2)18(17-11-9-10-14(3)12-17)16(5)25-19(23)15(4)22-20(24)26-21(6,7)8/h9-13,15-16,18H,1-8H3,(H,22,24)/t15-,16-,18+/m0/s1. The Morgan fingerprint density at radius 1 is 1.08 bits per heavy atom. The average molecular weight is 363 g/mol. The molecular formula is C21H33NO4. The van der Waals surface area contributed by atoms with Crippen LogP contribution in [0.15, 0.2) is 24.3 Å². The van der Waals surface area contributed by atoms with E-state index >= 15 is 0 Å². The van der Waals surface area contributed by atoms with Crippen molar-refractivity contribution in [1.82, 2.24) is 5.32 Å². The molecule has 1 aromatic rings. The van der Waals surface area contributed by atoms with E-state index in [0.29, 0.717) is 5.92 Å². The number of alkyl carbamates (subject to hydrolysis) is 1. The van der Waals surface area contributed by atoms with Crippen LogP contribution in [0.4, 0.5) is 4.79 Å². The Kier molecular flexibility index (Phi) is 7.67. The third-order valence-electron chi connectivity index (χ3n) is 4.04. The molecular weight excluding hydrogens is 330 g/mol. The van der Waals surface area contributed by atoms with Crippen molar-refractivity contribution in [3.8, 4) is 0 Å². The molecule has 1 rings (SSSR count). The summed E-state index contributed by atoms with van der Waals surface area (Å²) in [6.07, 6.45) is -0.944. The van der Waals surface area contributed by atoms with Crippen molar-refractivity contribution in [3.05, 3.63) is 35.4 Å². The lowest BCUT2D eigenvalue weighted by Gasteiger charge is -2.29. The van der Waals surface area contributed by atoms with Crippen molar-refractivity contribution < 1.29 is 19.1 Å². The summed E-state index contributed by atoms with van der Waals surface area (Å²) in [6, 6.07) is 7.46. The molecule has 0 aliphatic heterocycles. The number of esters is 1. The third-order valence-corrected chi connectivity index (χ3v) is 4.04. The zero-order chi connectivity index (χ0) is 20.1. The van der Waals surface area contributed by atoms with Gasteiger partial charge in [-0.3, -0.25) is 0 Å². The summed E-state index contributed by atoms with van der Waals surface area (Å²) >= 11 is 0. The molecule has 26 heavy (non-hydrogen) atoms. The number of hydrogen-bond acceptors (Lipinski definition) is 4. The lowest BCUT2D eigenvalue weighted by Crippen LogP contribution is -2.43. The fourth-order valence-corrected chi connectivity index (χ4v) is 2.98. The van der Waals surface area contributed by atoms with Gasteiger partial charge in [0.05, 0.1) is 0 Å². The van der Waals surface area contributed by atoms with Gasteiger partial charge in [0, 0.05) is 5.92 Å². The molecule has 5 nitrogen and oxygen atoms in total. The first-order valence-corrected chi connectivity index (χ1v) is 9.17. The van der Waals surface area contributed by atoms with E-state index in [1.807, 2.05) is 26.0 Å². The van der Waals surface area contributed by atoms with Crippen LogP contribution in [-0.2, 0) is 14.3 Å². The lowest BCUT2D eigenvalue weighted by atomic mass is 9.84. The summed E-state index contributed by atoms with van der Waals surface area (Å²) in [5, 5.41) is 2.52. The maximum atomic E-state index is 12.4. The first-order valence-electron chi connectivity index (χ1n) is 9.17. The predicted octanol–water partition coefficient (Wildman–Crippen LogP) is 4.58. The van der Waals surface area contributed by atoms with Crippen LogP contribution in [0.3, 0.4) is 0 Å². The van der Waals surface area contributed by atoms with E-state index < -0.39 is 23.7 Å². The molecule has 3 atom stereocenters. The van der Waals surface area contributed by atoms with Gasteiger partial charge in [-0.2, -0.15) is 0 Å². The first kappa shape index (κ1) is 22.0. The average Bonchev–Trinajstić information content (AvgIpc) is 2.44. The zero-order valence-electron chi connectivity index (χ0n) is 17.3. The van der Waals surface area contributed by atoms with Crippen molar-refractivity contribution in [2.45, 2.75) is 79.1 Å². The highest BCUT2D eigenvalue weighted by Crippen LogP contribution is 2.30. The van der Waals surface area contributed by atoms with E-state index in [1.165, 1.54) is 5.56 Å². The van der Waals surface area contributed by atoms with Gasteiger partial charge >= 0.3 is 12.1 Å². The number of amides is 1. The lowest BCUT2D eigenvalue weighted by molar-refractivity contribution is -0.152. The molecule has 0 heterocycles. The quantitative estimate of drug-likeness (QED) is 0.751. The van der Waals surface area contributed by atoms with Gasteiger partial charge in [0.25, 0.3) is 0 Å². The Morgan fingerprint density at radius 3 is 2.19 bits per heavy atom. The second-order valence-electron chi connectivity index (χ2n) is 8.19. The van der Waals surface area contributed by atoms with Crippen LogP contribution in [0.2, 0.25) is 0 Å². The van der Waals surface area contributed by atoms with Gasteiger partial charge in [-0.05, 0) is 53.0 Å². The van der Waals surface area contributed by atoms with Crippen LogP contribution >= 0.6 is 0 Å². The molecule has 0 bridgehead atoms. The number of carbonyl (C=O) groups excluding carboxylic acids is 2. The number of ether oxygens (including phenoxy) is 2. The fraction of sp³-hybridized carbons (Fsp3) is 0.619. The Morgan fingerprint density at radius 2 is 1.69 bits per heavy atom. The highest BCUT2D eigenvalue weighted by molar-refractivity contribution is 5.81. The third kappa shape index (κ3) is 7.06. The molecule has 0 radical (unpaired) electrons. The number of hydrogen-bond donors (Lipinski definition) is 1. The minimum absolute atomic E-state index is 0.0765. The van der Waals surface area contributed by atoms with Crippen molar-refractivity contribution in [1.29, 1.82) is 0 Å². The molecule has 0 aromatic heterocycles. The molecule has 0 aliphatic rings. The van der Waals surface area contributed by atoms with Gasteiger partial charge in [-0.25, -0.2) is 9.59 Å². The van der Waals surface area contributed by atoms with Gasteiger partial charge in [0.2, 0.25) is 0 Å². The van der Waals surface area contributed by atoms with Gasteiger partial charge < -0.3 is 14.8 Å². The van der Waals surface area contributed by atoms with E-state index in [9.17, 15) is 9.59 Å². The maximum absolute atomic E-state index is 12.4. The summed E-state index contributed by atoms with van der Waals surface area (Å²) in [4.78, 5) is 24.2. The van der Waals surface area contributed by atoms with E-state index in [-0.39, 0.29) is 12.0 Å². The molecule has 0 unspecified atom stereocenters. The molecule has 0 fully saturated rings. The molecule has 0 spiro atoms. The van der Waals surface area contributed by atoms with Crippen LogP contribution in [0.5, 0.6) is 0 Å². The Hall–Kier alpha value is -2.04. The smallest absolute Gasteiger partial charge is 0.408 e. The molecule has 0 saturated carbocycles. The number of benzene rings is 1. The summed E-state index contributed by atoms with van der Waals surface area (Å²) in [7, 11) is 0. The largest absolute Gasteiger partial charge is 0.460 e. The minimum atomic E-state index is -0.780. The normalized spacial score (nSPS) is 15.1. The Labute approximate surface area is 157 Å². The SMILES string of the molecule is Cc1cccc([C@H](C(C)C)[C@H](C)OC(=O)[C@H](C)NC(=O)OC(C)(C)C)c1. The van der Waals surface area contributed by atoms with Gasteiger partial charge in [0.1, 0.15) is 17.7 Å². The molecule has 1 N–H and O–H groups in total. The van der Waals surface area contributed by atoms with Gasteiger partial charge in [0.15, 0.2) is 0 Å². The Balaban J connectivity index is 2.75. The summed E-state index contributed by atoms with van der Waals surface area (Å²) in [5.41, 5.74) is 1.70. The van der Waals surface area contributed by atoms with E-state index in [4.69, 9.17) is 9.47 Å². The number of aryl methyl sites for hydroxylation is 1. The van der Waals surface area contributed by atoms with Crippen molar-refractivity contribution >= 4 is 12.1 Å². The van der Waals surface area contributed by atoms with Crippen LogP contribution < -0.4 is 5.32 Å². The number of rotatable bonds is 6. The highest BCUT2D eigenvalue weighted by atomic mass is 16.6. The second-order valence-corrected chi connectivity index (χ2v) is 8.19. The van der Waals surface area contributed by atoms with Crippen LogP contribution in [0.25, 0.3) is 0 Å². The Bertz CT molecular complexity index is 619. The van der Waals surface area contributed by atoms with E-state index in [0.717, 1.165) is 5.56 Å². The molecule has 0 saturated heterocycles. The first-order chi connectivity index (χ1) is 11.9. The second kappa shape index (κ2) is 9.06. The van der Waals surface area contributed by atoms with E-state index in [1.54, 1.807) is 27.7 Å². The minimum Gasteiger partial charge on any atom is -0.460 e. The van der Waals surface area contributed by atoms with Crippen molar-refractivity contribution in [3.63, 3.8) is 0 Å². The van der Waals surface area contributed by atoms with Crippen molar-refractivity contribution in [2.75, 3.05) is 0 Å². The van der Waals surface area contributed by atoms with Gasteiger partial charge in [-0.15, -0.1) is 0 Å². The number of carbonyl (C=O) groups is 2. The fourth-order valence-electron chi connectivity index (χ4n) is 2.98. The topological polar surface area (TPSA) is 64.6 Å². The van der Waals surface area contributed by atoms with E-state index in [2.05, 4.69) is 31.3 Å². The van der Waals surface area contributed by atoms with Gasteiger partial charge in [-0.1, -0.05) is 43.7 Å². The molecule has 5 heteroatoms. The molecule has 0 aliphatic carbocycles. The van der Waals surface area contributed by atoms with Crippen molar-refractivity contribution in [2.24, 2.45) is 5.92 Å². The summed E-state index contributed by atoms with van der Waals surface area (Å²) in [6.45, 7) is 15.1. The van der Waals surface area contributed by atoms with Crippen LogP contribution in [-0.4, -0.2) is 29.8 Å². The summed E-state index contributed by atoms with van der Waals surface area (Å²) < 4.78 is 10.8. The summed E-state index contributed by atoms with van der Waals surface area (Å²) in [5.74, 6) is -0.0945. The maximum Gasteiger partial charge on any atom is 0.408 e. The highest BCUT2D eigenvalue weighted by Gasteiger charge is 2.29. The molecule has 1 aromatic carbocycles. The number of nitrogens with one attached hydrogen (secondary N) is 1. The molecule has 1 amide bonds.